The number of amides is 1. The van der Waals surface area contributed by atoms with Crippen LogP contribution in [0.1, 0.15) is 12.0 Å². The van der Waals surface area contributed by atoms with Crippen LogP contribution in [0.4, 0.5) is 15.0 Å². The molecular weight excluding hydrogens is 435 g/mol. The second-order valence-electron chi connectivity index (χ2n) is 8.11. The van der Waals surface area contributed by atoms with Gasteiger partial charge in [0.15, 0.2) is 5.82 Å². The Hall–Kier alpha value is -4.04. The molecular formula is C26H23FN4O3. The van der Waals surface area contributed by atoms with Crippen LogP contribution in [0, 0.1) is 5.82 Å². The molecule has 4 aromatic rings. The van der Waals surface area contributed by atoms with E-state index in [4.69, 9.17) is 4.74 Å². The van der Waals surface area contributed by atoms with E-state index in [1.54, 1.807) is 30.3 Å². The summed E-state index contributed by atoms with van der Waals surface area (Å²) < 4.78 is 19.9. The Bertz CT molecular complexity index is 1330. The van der Waals surface area contributed by atoms with Crippen molar-refractivity contribution >= 4 is 22.8 Å². The third kappa shape index (κ3) is 4.40. The van der Waals surface area contributed by atoms with Gasteiger partial charge >= 0.3 is 6.09 Å². The molecule has 1 fully saturated rings. The van der Waals surface area contributed by atoms with E-state index in [-0.39, 0.29) is 30.0 Å². The third-order valence-electron chi connectivity index (χ3n) is 5.81. The molecule has 1 unspecified atom stereocenters. The minimum absolute atomic E-state index is 0.00986. The number of aromatic hydroxyl groups is 1. The minimum Gasteiger partial charge on any atom is -0.507 e. The lowest BCUT2D eigenvalue weighted by molar-refractivity contribution is 0.145. The molecule has 8 heteroatoms. The fraction of sp³-hybridized carbons (Fsp3) is 0.192. The van der Waals surface area contributed by atoms with Crippen molar-refractivity contribution in [3.8, 4) is 17.1 Å². The predicted octanol–water partition coefficient (Wildman–Crippen LogP) is 4.65. The van der Waals surface area contributed by atoms with Crippen molar-refractivity contribution in [3.05, 3.63) is 84.2 Å². The molecule has 2 N–H and O–H groups in total. The zero-order chi connectivity index (χ0) is 23.5. The number of hydrogen-bond donors (Lipinski definition) is 2. The van der Waals surface area contributed by atoms with Gasteiger partial charge < -0.3 is 15.2 Å². The summed E-state index contributed by atoms with van der Waals surface area (Å²) in [7, 11) is 0. The molecule has 34 heavy (non-hydrogen) atoms. The second kappa shape index (κ2) is 9.44. The first-order chi connectivity index (χ1) is 16.6. The van der Waals surface area contributed by atoms with Gasteiger partial charge in [-0.1, -0.05) is 42.5 Å². The average molecular weight is 458 g/mol. The van der Waals surface area contributed by atoms with Gasteiger partial charge in [0, 0.05) is 11.9 Å². The van der Waals surface area contributed by atoms with E-state index in [1.807, 2.05) is 30.3 Å². The topological polar surface area (TPSA) is 87.6 Å². The smallest absolute Gasteiger partial charge is 0.416 e. The maximum atomic E-state index is 14.3. The standard InChI is InChI=1S/C26H23FN4O3/c27-18-10-11-22-21(14-18)25(30-24(29-22)20-8-4-5-9-23(20)32)31(19-12-13-28-15-19)26(33)34-16-17-6-2-1-3-7-17/h1-11,14,19,28,32H,12-13,15-16H2. The molecule has 1 aliphatic heterocycles. The molecule has 3 aromatic carbocycles. The summed E-state index contributed by atoms with van der Waals surface area (Å²) in [5, 5.41) is 14.0. The highest BCUT2D eigenvalue weighted by Gasteiger charge is 2.32. The number of aromatic nitrogens is 2. The highest BCUT2D eigenvalue weighted by Crippen LogP contribution is 2.33. The van der Waals surface area contributed by atoms with E-state index >= 15 is 0 Å². The van der Waals surface area contributed by atoms with Gasteiger partial charge in [-0.2, -0.15) is 0 Å². The lowest BCUT2D eigenvalue weighted by Gasteiger charge is -2.28. The van der Waals surface area contributed by atoms with E-state index in [1.165, 1.54) is 17.0 Å². The van der Waals surface area contributed by atoms with Crippen molar-refractivity contribution in [3.63, 3.8) is 0 Å². The van der Waals surface area contributed by atoms with Crippen LogP contribution in [0.25, 0.3) is 22.3 Å². The highest BCUT2D eigenvalue weighted by molar-refractivity contribution is 5.99. The summed E-state index contributed by atoms with van der Waals surface area (Å²) in [5.74, 6) is 0.0268. The van der Waals surface area contributed by atoms with Gasteiger partial charge in [-0.15, -0.1) is 0 Å². The molecule has 1 amide bonds. The van der Waals surface area contributed by atoms with Crippen molar-refractivity contribution in [2.24, 2.45) is 0 Å². The number of hydrogen-bond acceptors (Lipinski definition) is 6. The van der Waals surface area contributed by atoms with Crippen molar-refractivity contribution in [1.29, 1.82) is 0 Å². The number of carbonyl (C=O) groups is 1. The SMILES string of the molecule is O=C(OCc1ccccc1)N(c1nc(-c2ccccc2O)nc2ccc(F)cc12)C1CCNC1. The Balaban J connectivity index is 1.62. The summed E-state index contributed by atoms with van der Waals surface area (Å²) in [6.45, 7) is 1.38. The summed E-state index contributed by atoms with van der Waals surface area (Å²) in [5.41, 5.74) is 1.72. The summed E-state index contributed by atoms with van der Waals surface area (Å²) in [6.07, 6.45) is 0.109. The van der Waals surface area contributed by atoms with Crippen molar-refractivity contribution in [2.75, 3.05) is 18.0 Å². The van der Waals surface area contributed by atoms with Gasteiger partial charge in [0.1, 0.15) is 24.0 Å². The monoisotopic (exact) mass is 458 g/mol. The van der Waals surface area contributed by atoms with Crippen LogP contribution in [0.3, 0.4) is 0 Å². The van der Waals surface area contributed by atoms with Crippen LogP contribution >= 0.6 is 0 Å². The number of ether oxygens (including phenoxy) is 1. The van der Waals surface area contributed by atoms with Gasteiger partial charge in [0.05, 0.1) is 17.1 Å². The number of benzene rings is 3. The number of nitrogens with one attached hydrogen (secondary N) is 1. The molecule has 0 spiro atoms. The van der Waals surface area contributed by atoms with Crippen LogP contribution < -0.4 is 10.2 Å². The molecule has 5 rings (SSSR count). The first kappa shape index (κ1) is 21.8. The largest absolute Gasteiger partial charge is 0.507 e. The number of nitrogens with zero attached hydrogens (tertiary/aromatic N) is 3. The molecule has 172 valence electrons. The zero-order valence-electron chi connectivity index (χ0n) is 18.3. The molecule has 1 aromatic heterocycles. The number of para-hydroxylation sites is 1. The van der Waals surface area contributed by atoms with Gasteiger partial charge in [-0.05, 0) is 48.9 Å². The third-order valence-corrected chi connectivity index (χ3v) is 5.81. The number of rotatable bonds is 5. The van der Waals surface area contributed by atoms with Crippen LogP contribution in [-0.2, 0) is 11.3 Å². The van der Waals surface area contributed by atoms with E-state index in [9.17, 15) is 14.3 Å². The molecule has 0 saturated carbocycles. The normalized spacial score (nSPS) is 15.4. The molecule has 1 atom stereocenters. The maximum Gasteiger partial charge on any atom is 0.416 e. The van der Waals surface area contributed by atoms with E-state index in [0.717, 1.165) is 12.1 Å². The first-order valence-electron chi connectivity index (χ1n) is 11.1. The first-order valence-corrected chi connectivity index (χ1v) is 11.1. The summed E-state index contributed by atoms with van der Waals surface area (Å²) >= 11 is 0. The Morgan fingerprint density at radius 3 is 2.65 bits per heavy atom. The van der Waals surface area contributed by atoms with Gasteiger partial charge in [0.25, 0.3) is 0 Å². The summed E-state index contributed by atoms with van der Waals surface area (Å²) in [4.78, 5) is 24.1. The number of phenolic OH excluding ortho intramolecular Hbond substituents is 1. The van der Waals surface area contributed by atoms with Crippen LogP contribution in [0.15, 0.2) is 72.8 Å². The Morgan fingerprint density at radius 2 is 1.88 bits per heavy atom. The van der Waals surface area contributed by atoms with E-state index in [0.29, 0.717) is 29.4 Å². The van der Waals surface area contributed by atoms with Gasteiger partial charge in [-0.25, -0.2) is 19.2 Å². The number of phenols is 1. The number of anilines is 1. The molecule has 7 nitrogen and oxygen atoms in total. The van der Waals surface area contributed by atoms with Crippen molar-refractivity contribution in [1.82, 2.24) is 15.3 Å². The average Bonchev–Trinajstić information content (AvgIpc) is 3.38. The predicted molar refractivity (Wildman–Crippen MR) is 127 cm³/mol. The number of carbonyl (C=O) groups excluding carboxylic acids is 1. The highest BCUT2D eigenvalue weighted by atomic mass is 19.1. The molecule has 1 aliphatic rings. The quantitative estimate of drug-likeness (QED) is 0.453. The van der Waals surface area contributed by atoms with Gasteiger partial charge in [0.2, 0.25) is 0 Å². The Kier molecular flexibility index (Phi) is 6.05. The molecule has 0 radical (unpaired) electrons. The number of halogens is 1. The molecule has 2 heterocycles. The van der Waals surface area contributed by atoms with Crippen molar-refractivity contribution in [2.45, 2.75) is 19.1 Å². The second-order valence-corrected chi connectivity index (χ2v) is 8.11. The number of fused-ring (bicyclic) bond motifs is 1. The van der Waals surface area contributed by atoms with E-state index in [2.05, 4.69) is 15.3 Å². The lowest BCUT2D eigenvalue weighted by atomic mass is 10.1. The fourth-order valence-electron chi connectivity index (χ4n) is 4.11. The molecule has 0 bridgehead atoms. The fourth-order valence-corrected chi connectivity index (χ4v) is 4.11. The molecule has 0 aliphatic carbocycles. The minimum atomic E-state index is -0.579. The maximum absolute atomic E-state index is 14.3. The zero-order valence-corrected chi connectivity index (χ0v) is 18.3. The Labute approximate surface area is 195 Å². The van der Waals surface area contributed by atoms with Crippen LogP contribution in [0.5, 0.6) is 5.75 Å². The summed E-state index contributed by atoms with van der Waals surface area (Å²) in [6, 6.07) is 20.0. The van der Waals surface area contributed by atoms with Gasteiger partial charge in [-0.3, -0.25) is 4.90 Å². The van der Waals surface area contributed by atoms with E-state index < -0.39 is 11.9 Å². The van der Waals surface area contributed by atoms with Crippen LogP contribution in [0.2, 0.25) is 0 Å². The van der Waals surface area contributed by atoms with Crippen LogP contribution in [-0.4, -0.2) is 40.3 Å². The van der Waals surface area contributed by atoms with Crippen molar-refractivity contribution < 1.29 is 19.0 Å². The molecule has 1 saturated heterocycles. The lowest BCUT2D eigenvalue weighted by Crippen LogP contribution is -2.43. The Morgan fingerprint density at radius 1 is 1.09 bits per heavy atom.